The average Bonchev–Trinajstić information content (AvgIpc) is 3.19. The van der Waals surface area contributed by atoms with E-state index in [0.717, 1.165) is 23.3 Å². The Kier molecular flexibility index (Phi) is 5.00. The number of ether oxygens (including phenoxy) is 1. The molecule has 158 valence electrons. The van der Waals surface area contributed by atoms with E-state index in [1.54, 1.807) is 18.5 Å². The number of nitrogens with zero attached hydrogens (tertiary/aromatic N) is 3. The van der Waals surface area contributed by atoms with Crippen LogP contribution in [-0.2, 0) is 20.9 Å². The largest absolute Gasteiger partial charge is 0.454 e. The van der Waals surface area contributed by atoms with E-state index in [0.29, 0.717) is 12.2 Å². The van der Waals surface area contributed by atoms with Crippen LogP contribution in [0.15, 0.2) is 29.0 Å². The van der Waals surface area contributed by atoms with Gasteiger partial charge in [0.2, 0.25) is 11.7 Å². The summed E-state index contributed by atoms with van der Waals surface area (Å²) in [5, 5.41) is 6.59. The van der Waals surface area contributed by atoms with Crippen molar-refractivity contribution >= 4 is 11.9 Å². The summed E-state index contributed by atoms with van der Waals surface area (Å²) in [7, 11) is 0. The predicted molar refractivity (Wildman–Crippen MR) is 106 cm³/mol. The van der Waals surface area contributed by atoms with Crippen molar-refractivity contribution in [2.75, 3.05) is 6.54 Å². The van der Waals surface area contributed by atoms with Crippen molar-refractivity contribution in [1.29, 1.82) is 0 Å². The van der Waals surface area contributed by atoms with Crippen LogP contribution in [0.2, 0.25) is 0 Å². The molecule has 4 bridgehead atoms. The minimum Gasteiger partial charge on any atom is -0.454 e. The fourth-order valence-corrected chi connectivity index (χ4v) is 6.20. The second kappa shape index (κ2) is 7.81. The van der Waals surface area contributed by atoms with Crippen LogP contribution < -0.4 is 5.32 Å². The third-order valence-corrected chi connectivity index (χ3v) is 6.87. The van der Waals surface area contributed by atoms with Gasteiger partial charge < -0.3 is 14.6 Å². The topological polar surface area (TPSA) is 107 Å². The summed E-state index contributed by atoms with van der Waals surface area (Å²) in [5.74, 6) is 2.43. The molecule has 0 saturated heterocycles. The molecule has 0 aliphatic heterocycles. The summed E-state index contributed by atoms with van der Waals surface area (Å²) >= 11 is 0. The average molecular weight is 410 g/mol. The molecule has 2 aromatic heterocycles. The number of esters is 1. The Morgan fingerprint density at radius 3 is 2.57 bits per heavy atom. The summed E-state index contributed by atoms with van der Waals surface area (Å²) in [6.07, 6.45) is 11.4. The van der Waals surface area contributed by atoms with Gasteiger partial charge in [0.15, 0.2) is 6.61 Å². The van der Waals surface area contributed by atoms with Gasteiger partial charge in [-0.25, -0.2) is 0 Å². The molecule has 2 aromatic rings. The summed E-state index contributed by atoms with van der Waals surface area (Å²) in [6, 6.07) is 3.59. The van der Waals surface area contributed by atoms with Gasteiger partial charge in [0, 0.05) is 24.4 Å². The van der Waals surface area contributed by atoms with E-state index < -0.39 is 5.97 Å². The van der Waals surface area contributed by atoms with Crippen molar-refractivity contribution in [3.05, 3.63) is 30.4 Å². The first kappa shape index (κ1) is 19.2. The number of hydrogen-bond donors (Lipinski definition) is 1. The molecule has 1 amide bonds. The number of amides is 1. The molecule has 0 atom stereocenters. The monoisotopic (exact) mass is 410 g/mol. The highest BCUT2D eigenvalue weighted by atomic mass is 16.6. The van der Waals surface area contributed by atoms with Gasteiger partial charge in [-0.05, 0) is 73.8 Å². The molecule has 0 aromatic carbocycles. The number of rotatable bonds is 7. The van der Waals surface area contributed by atoms with Gasteiger partial charge in [0.1, 0.15) is 6.54 Å². The van der Waals surface area contributed by atoms with E-state index in [-0.39, 0.29) is 30.4 Å². The fourth-order valence-electron chi connectivity index (χ4n) is 6.20. The van der Waals surface area contributed by atoms with Gasteiger partial charge >= 0.3 is 5.97 Å². The highest BCUT2D eigenvalue weighted by Crippen LogP contribution is 2.61. The predicted octanol–water partition coefficient (Wildman–Crippen LogP) is 2.90. The molecule has 0 radical (unpaired) electrons. The number of carbonyl (C=O) groups is 2. The summed E-state index contributed by atoms with van der Waals surface area (Å²) in [4.78, 5) is 32.7. The maximum absolute atomic E-state index is 12.5. The third-order valence-electron chi connectivity index (χ3n) is 6.87. The number of aromatic nitrogens is 3. The van der Waals surface area contributed by atoms with Crippen molar-refractivity contribution in [3.8, 4) is 11.4 Å². The Balaban J connectivity index is 1.07. The first-order valence-electron chi connectivity index (χ1n) is 10.7. The lowest BCUT2D eigenvalue weighted by Gasteiger charge is -2.56. The molecule has 4 aliphatic rings. The Morgan fingerprint density at radius 2 is 1.90 bits per heavy atom. The number of hydrogen-bond acceptors (Lipinski definition) is 7. The Hall–Kier alpha value is -2.77. The summed E-state index contributed by atoms with van der Waals surface area (Å²) < 4.78 is 10.3. The quantitative estimate of drug-likeness (QED) is 0.699. The van der Waals surface area contributed by atoms with Crippen LogP contribution in [0, 0.1) is 23.2 Å². The molecular formula is C22H26N4O4. The maximum atomic E-state index is 12.5. The van der Waals surface area contributed by atoms with Crippen LogP contribution in [0.25, 0.3) is 11.4 Å². The lowest BCUT2D eigenvalue weighted by atomic mass is 9.49. The van der Waals surface area contributed by atoms with Crippen LogP contribution in [0.4, 0.5) is 0 Å². The van der Waals surface area contributed by atoms with Gasteiger partial charge in [-0.3, -0.25) is 14.6 Å². The van der Waals surface area contributed by atoms with E-state index in [1.807, 2.05) is 6.07 Å². The van der Waals surface area contributed by atoms with Crippen LogP contribution in [0.1, 0.15) is 50.8 Å². The molecule has 6 rings (SSSR count). The molecule has 0 unspecified atom stereocenters. The van der Waals surface area contributed by atoms with Gasteiger partial charge in [0.05, 0.1) is 0 Å². The Labute approximate surface area is 174 Å². The van der Waals surface area contributed by atoms with Crippen molar-refractivity contribution < 1.29 is 18.8 Å². The zero-order valence-electron chi connectivity index (χ0n) is 16.9. The van der Waals surface area contributed by atoms with E-state index in [4.69, 9.17) is 9.26 Å². The summed E-state index contributed by atoms with van der Waals surface area (Å²) in [5.41, 5.74) is 0.880. The SMILES string of the molecule is O=C(CC12CC3CC(CC(C3)C1)C2)NCC(=O)OCc1nc(-c2cccnc2)no1. The van der Waals surface area contributed by atoms with Crippen molar-refractivity contribution in [3.63, 3.8) is 0 Å². The minimum atomic E-state index is -0.519. The maximum Gasteiger partial charge on any atom is 0.325 e. The Morgan fingerprint density at radius 1 is 1.17 bits per heavy atom. The zero-order chi connectivity index (χ0) is 20.6. The van der Waals surface area contributed by atoms with Gasteiger partial charge in [-0.1, -0.05) is 5.16 Å². The fraction of sp³-hybridized carbons (Fsp3) is 0.591. The summed E-state index contributed by atoms with van der Waals surface area (Å²) in [6.45, 7) is -0.272. The molecule has 1 N–H and O–H groups in total. The van der Waals surface area contributed by atoms with Gasteiger partial charge in [-0.2, -0.15) is 4.98 Å². The number of pyridine rings is 1. The van der Waals surface area contributed by atoms with Gasteiger partial charge in [-0.15, -0.1) is 0 Å². The highest BCUT2D eigenvalue weighted by molar-refractivity contribution is 5.82. The molecule has 4 fully saturated rings. The second-order valence-corrected chi connectivity index (χ2v) is 9.29. The van der Waals surface area contributed by atoms with Crippen LogP contribution in [0.3, 0.4) is 0 Å². The lowest BCUT2D eigenvalue weighted by molar-refractivity contribution is -0.146. The second-order valence-electron chi connectivity index (χ2n) is 9.29. The van der Waals surface area contributed by atoms with Crippen molar-refractivity contribution in [2.45, 2.75) is 51.6 Å². The zero-order valence-corrected chi connectivity index (χ0v) is 16.9. The van der Waals surface area contributed by atoms with Crippen LogP contribution >= 0.6 is 0 Å². The number of carbonyl (C=O) groups excluding carboxylic acids is 2. The van der Waals surface area contributed by atoms with Crippen LogP contribution in [0.5, 0.6) is 0 Å². The third kappa shape index (κ3) is 4.08. The standard InChI is InChI=1S/C22H26N4O4/c27-18(10-22-7-14-4-15(8-22)6-16(5-14)9-22)24-12-20(28)29-13-19-25-21(26-30-19)17-2-1-3-23-11-17/h1-3,11,14-16H,4-10,12-13H2,(H,24,27). The van der Waals surface area contributed by atoms with E-state index >= 15 is 0 Å². The smallest absolute Gasteiger partial charge is 0.325 e. The van der Waals surface area contributed by atoms with Gasteiger partial charge in [0.25, 0.3) is 5.89 Å². The molecule has 30 heavy (non-hydrogen) atoms. The first-order valence-corrected chi connectivity index (χ1v) is 10.7. The normalized spacial score (nSPS) is 29.0. The molecular weight excluding hydrogens is 384 g/mol. The van der Waals surface area contributed by atoms with E-state index in [9.17, 15) is 9.59 Å². The molecule has 4 saturated carbocycles. The molecule has 4 aliphatic carbocycles. The van der Waals surface area contributed by atoms with E-state index in [2.05, 4.69) is 20.4 Å². The number of nitrogens with one attached hydrogen (secondary N) is 1. The molecule has 0 spiro atoms. The Bertz CT molecular complexity index is 891. The molecule has 8 heteroatoms. The van der Waals surface area contributed by atoms with Crippen molar-refractivity contribution in [1.82, 2.24) is 20.4 Å². The lowest BCUT2D eigenvalue weighted by Crippen LogP contribution is -2.48. The van der Waals surface area contributed by atoms with Crippen molar-refractivity contribution in [2.24, 2.45) is 23.2 Å². The first-order chi connectivity index (χ1) is 14.6. The van der Waals surface area contributed by atoms with Crippen LogP contribution in [-0.4, -0.2) is 33.5 Å². The minimum absolute atomic E-state index is 0.0504. The highest BCUT2D eigenvalue weighted by Gasteiger charge is 2.51. The van der Waals surface area contributed by atoms with E-state index in [1.165, 1.54) is 38.5 Å². The molecule has 8 nitrogen and oxygen atoms in total. The molecule has 2 heterocycles.